The lowest BCUT2D eigenvalue weighted by Gasteiger charge is -2.34. The minimum atomic E-state index is -3.67. The number of nitrogens with zero attached hydrogens (tertiary/aromatic N) is 1. The number of hydrogen-bond donors (Lipinski definition) is 0. The van der Waals surface area contributed by atoms with Gasteiger partial charge < -0.3 is 4.74 Å². The van der Waals surface area contributed by atoms with Crippen LogP contribution in [0.1, 0.15) is 43.7 Å². The molecule has 1 fully saturated rings. The predicted octanol–water partition coefficient (Wildman–Crippen LogP) is 4.66. The molecule has 0 N–H and O–H groups in total. The molecule has 1 saturated heterocycles. The van der Waals surface area contributed by atoms with Crippen LogP contribution in [-0.2, 0) is 25.9 Å². The van der Waals surface area contributed by atoms with Gasteiger partial charge in [-0.25, -0.2) is 13.2 Å². The van der Waals surface area contributed by atoms with Crippen LogP contribution in [0.2, 0.25) is 0 Å². The zero-order valence-corrected chi connectivity index (χ0v) is 19.1. The second kappa shape index (κ2) is 10.2. The Kier molecular flexibility index (Phi) is 7.68. The van der Waals surface area contributed by atoms with Crippen LogP contribution in [-0.4, -0.2) is 38.0 Å². The van der Waals surface area contributed by atoms with E-state index in [-0.39, 0.29) is 10.9 Å². The van der Waals surface area contributed by atoms with Crippen LogP contribution in [0.25, 0.3) is 0 Å². The largest absolute Gasteiger partial charge is 0.464 e. The van der Waals surface area contributed by atoms with E-state index >= 15 is 0 Å². The number of esters is 1. The third-order valence-corrected chi connectivity index (χ3v) is 7.15. The number of rotatable bonds is 9. The molecule has 0 aliphatic carbocycles. The van der Waals surface area contributed by atoms with E-state index in [4.69, 9.17) is 4.74 Å². The molecular formula is C25H31NO4S. The summed E-state index contributed by atoms with van der Waals surface area (Å²) in [7, 11) is -3.67. The lowest BCUT2D eigenvalue weighted by molar-refractivity contribution is -0.154. The molecule has 1 aliphatic heterocycles. The number of hydrogen-bond acceptors (Lipinski definition) is 5. The van der Waals surface area contributed by atoms with Crippen LogP contribution < -0.4 is 0 Å². The molecule has 0 aromatic heterocycles. The second-order valence-electron chi connectivity index (χ2n) is 8.09. The number of likely N-dealkylation sites (tertiary alicyclic amines) is 1. The number of carbonyl (C=O) groups excluding carboxylic acids is 1. The molecule has 0 saturated carbocycles. The maximum absolute atomic E-state index is 13.2. The summed E-state index contributed by atoms with van der Waals surface area (Å²) in [5.41, 5.74) is 0.982. The first-order chi connectivity index (χ1) is 14.9. The Hall–Kier alpha value is -2.44. The summed E-state index contributed by atoms with van der Waals surface area (Å²) in [4.78, 5) is 15.5. The Balaban J connectivity index is 1.92. The third-order valence-electron chi connectivity index (χ3n) is 5.72. The normalized spacial score (nSPS) is 19.7. The molecule has 0 amide bonds. The van der Waals surface area contributed by atoms with Crippen molar-refractivity contribution < 1.29 is 17.9 Å². The molecule has 6 heteroatoms. The van der Waals surface area contributed by atoms with Gasteiger partial charge in [-0.2, -0.15) is 0 Å². The minimum absolute atomic E-state index is 0.219. The summed E-state index contributed by atoms with van der Waals surface area (Å²) in [6.07, 6.45) is 4.58. The summed E-state index contributed by atoms with van der Waals surface area (Å²) >= 11 is 0. The number of carbonyl (C=O) groups is 1. The summed E-state index contributed by atoms with van der Waals surface area (Å²) in [5, 5.41) is 1.18. The van der Waals surface area contributed by atoms with Crippen LogP contribution >= 0.6 is 0 Å². The van der Waals surface area contributed by atoms with Gasteiger partial charge >= 0.3 is 5.97 Å². The first-order valence-electron chi connectivity index (χ1n) is 10.8. The number of sulfone groups is 1. The number of unbranched alkanes of at least 4 members (excludes halogenated alkanes) is 1. The lowest BCUT2D eigenvalue weighted by Crippen LogP contribution is -2.49. The van der Waals surface area contributed by atoms with Gasteiger partial charge in [-0.15, -0.1) is 0 Å². The van der Waals surface area contributed by atoms with Gasteiger partial charge in [0.2, 0.25) is 0 Å². The molecule has 1 atom stereocenters. The van der Waals surface area contributed by atoms with Crippen LogP contribution in [0.15, 0.2) is 71.0 Å². The highest BCUT2D eigenvalue weighted by atomic mass is 32.2. The Morgan fingerprint density at radius 1 is 1.13 bits per heavy atom. The lowest BCUT2D eigenvalue weighted by atomic mass is 9.95. The molecule has 1 aliphatic rings. The molecule has 1 heterocycles. The van der Waals surface area contributed by atoms with Crippen molar-refractivity contribution in [1.82, 2.24) is 4.90 Å². The molecule has 0 unspecified atom stereocenters. The van der Waals surface area contributed by atoms with Crippen molar-refractivity contribution in [1.29, 1.82) is 0 Å². The second-order valence-corrected chi connectivity index (χ2v) is 9.92. The highest BCUT2D eigenvalue weighted by Gasteiger charge is 2.47. The van der Waals surface area contributed by atoms with E-state index in [0.717, 1.165) is 30.4 Å². The minimum Gasteiger partial charge on any atom is -0.464 e. The molecular weight excluding hydrogens is 410 g/mol. The zero-order valence-electron chi connectivity index (χ0n) is 18.3. The summed E-state index contributed by atoms with van der Waals surface area (Å²) in [6, 6.07) is 16.6. The van der Waals surface area contributed by atoms with E-state index in [9.17, 15) is 13.2 Å². The average Bonchev–Trinajstić information content (AvgIpc) is 3.17. The standard InChI is InChI=1S/C25H31NO4S/c1-3-4-18-30-24(27)25(15-8-17-26(25)20-22-9-6-5-7-10-22)16-19-31(28,29)23-13-11-21(2)12-14-23/h5-7,9-14,16,19H,3-4,8,15,17-18,20H2,1-2H3/b19-16+/t25-/m1/s1. The van der Waals surface area contributed by atoms with Crippen molar-refractivity contribution in [3.63, 3.8) is 0 Å². The zero-order chi connectivity index (χ0) is 22.3. The SMILES string of the molecule is CCCCOC(=O)[C@]1(/C=C/S(=O)(=O)c2ccc(C)cc2)CCCN1Cc1ccccc1. The smallest absolute Gasteiger partial charge is 0.330 e. The Morgan fingerprint density at radius 2 is 1.84 bits per heavy atom. The van der Waals surface area contributed by atoms with E-state index in [1.165, 1.54) is 5.41 Å². The van der Waals surface area contributed by atoms with Crippen molar-refractivity contribution in [2.24, 2.45) is 0 Å². The van der Waals surface area contributed by atoms with Gasteiger partial charge in [0.1, 0.15) is 5.54 Å². The Labute approximate surface area is 185 Å². The van der Waals surface area contributed by atoms with Crippen molar-refractivity contribution >= 4 is 15.8 Å². The molecule has 3 rings (SSSR count). The van der Waals surface area contributed by atoms with Gasteiger partial charge in [0.25, 0.3) is 0 Å². The molecule has 0 bridgehead atoms. The maximum atomic E-state index is 13.2. The molecule has 31 heavy (non-hydrogen) atoms. The predicted molar refractivity (Wildman–Crippen MR) is 122 cm³/mol. The van der Waals surface area contributed by atoms with Crippen LogP contribution in [0.3, 0.4) is 0 Å². The van der Waals surface area contributed by atoms with E-state index in [0.29, 0.717) is 26.1 Å². The summed E-state index contributed by atoms with van der Waals surface area (Å²) < 4.78 is 31.5. The van der Waals surface area contributed by atoms with E-state index < -0.39 is 15.4 Å². The highest BCUT2D eigenvalue weighted by molar-refractivity contribution is 7.94. The molecule has 2 aromatic carbocycles. The van der Waals surface area contributed by atoms with Gasteiger partial charge in [0, 0.05) is 12.0 Å². The van der Waals surface area contributed by atoms with Crippen molar-refractivity contribution in [3.8, 4) is 0 Å². The van der Waals surface area contributed by atoms with Crippen LogP contribution in [0.4, 0.5) is 0 Å². The fraction of sp³-hybridized carbons (Fsp3) is 0.400. The Morgan fingerprint density at radius 3 is 2.52 bits per heavy atom. The molecule has 166 valence electrons. The maximum Gasteiger partial charge on any atom is 0.330 e. The fourth-order valence-corrected chi connectivity index (χ4v) is 4.93. The van der Waals surface area contributed by atoms with E-state index in [1.807, 2.05) is 49.1 Å². The van der Waals surface area contributed by atoms with Gasteiger partial charge in [-0.1, -0.05) is 61.4 Å². The first kappa shape index (κ1) is 23.2. The van der Waals surface area contributed by atoms with Crippen molar-refractivity contribution in [3.05, 3.63) is 77.2 Å². The van der Waals surface area contributed by atoms with Crippen LogP contribution in [0.5, 0.6) is 0 Å². The van der Waals surface area contributed by atoms with E-state index in [1.54, 1.807) is 30.3 Å². The van der Waals surface area contributed by atoms with Gasteiger partial charge in [0.05, 0.1) is 11.5 Å². The number of benzene rings is 2. The molecule has 0 spiro atoms. The molecule has 2 aromatic rings. The first-order valence-corrected chi connectivity index (χ1v) is 12.4. The highest BCUT2D eigenvalue weighted by Crippen LogP contribution is 2.34. The summed E-state index contributed by atoms with van der Waals surface area (Å²) in [6.45, 7) is 5.54. The van der Waals surface area contributed by atoms with Gasteiger partial charge in [-0.05, 0) is 56.5 Å². The van der Waals surface area contributed by atoms with Crippen molar-refractivity contribution in [2.75, 3.05) is 13.2 Å². The Bertz CT molecular complexity index is 1000. The van der Waals surface area contributed by atoms with Gasteiger partial charge in [0.15, 0.2) is 9.84 Å². The van der Waals surface area contributed by atoms with Crippen molar-refractivity contribution in [2.45, 2.75) is 56.5 Å². The number of ether oxygens (including phenoxy) is 1. The number of aryl methyl sites for hydroxylation is 1. The van der Waals surface area contributed by atoms with E-state index in [2.05, 4.69) is 0 Å². The van der Waals surface area contributed by atoms with Crippen LogP contribution in [0, 0.1) is 6.92 Å². The average molecular weight is 442 g/mol. The fourth-order valence-electron chi connectivity index (χ4n) is 3.85. The summed E-state index contributed by atoms with van der Waals surface area (Å²) in [5.74, 6) is -0.371. The topological polar surface area (TPSA) is 63.7 Å². The third kappa shape index (κ3) is 5.63. The molecule has 5 nitrogen and oxygen atoms in total. The van der Waals surface area contributed by atoms with Gasteiger partial charge in [-0.3, -0.25) is 4.90 Å². The quantitative estimate of drug-likeness (QED) is 0.418. The monoisotopic (exact) mass is 441 g/mol. The molecule has 0 radical (unpaired) electrons.